The lowest BCUT2D eigenvalue weighted by molar-refractivity contribution is -0.384. The molecule has 1 N–H and O–H groups in total. The third-order valence-electron chi connectivity index (χ3n) is 2.58. The van der Waals surface area contributed by atoms with Gasteiger partial charge in [0.05, 0.1) is 43.1 Å². The molecule has 0 saturated carbocycles. The molecule has 1 aromatic carbocycles. The van der Waals surface area contributed by atoms with E-state index in [9.17, 15) is 19.7 Å². The highest BCUT2D eigenvalue weighted by molar-refractivity contribution is 7.99. The Morgan fingerprint density at radius 1 is 1.36 bits per heavy atom. The fourth-order valence-electron chi connectivity index (χ4n) is 1.51. The summed E-state index contributed by atoms with van der Waals surface area (Å²) in [4.78, 5) is 32.8. The van der Waals surface area contributed by atoms with Crippen LogP contribution in [0.1, 0.15) is 6.42 Å². The molecule has 0 heterocycles. The van der Waals surface area contributed by atoms with E-state index in [2.05, 4.69) is 10.1 Å². The van der Waals surface area contributed by atoms with Crippen LogP contribution in [0.15, 0.2) is 18.2 Å². The summed E-state index contributed by atoms with van der Waals surface area (Å²) in [5, 5.41) is 13.3. The SMILES string of the molecule is COC(=O)CCSCC(=O)Nc1ccc([N+](=O)[O-])cc1OC. The molecule has 8 nitrogen and oxygen atoms in total. The van der Waals surface area contributed by atoms with Crippen molar-refractivity contribution in [1.29, 1.82) is 0 Å². The van der Waals surface area contributed by atoms with E-state index in [0.717, 1.165) is 0 Å². The van der Waals surface area contributed by atoms with Crippen LogP contribution in [0.25, 0.3) is 0 Å². The van der Waals surface area contributed by atoms with Crippen molar-refractivity contribution in [3.05, 3.63) is 28.3 Å². The molecule has 0 aliphatic carbocycles. The highest BCUT2D eigenvalue weighted by atomic mass is 32.2. The summed E-state index contributed by atoms with van der Waals surface area (Å²) < 4.78 is 9.51. The number of anilines is 1. The van der Waals surface area contributed by atoms with Gasteiger partial charge in [0.15, 0.2) is 0 Å². The number of amides is 1. The zero-order valence-corrected chi connectivity index (χ0v) is 13.0. The van der Waals surface area contributed by atoms with Gasteiger partial charge in [-0.2, -0.15) is 11.8 Å². The molecule has 0 spiro atoms. The number of hydrogen-bond acceptors (Lipinski definition) is 7. The molecule has 0 bridgehead atoms. The average molecular weight is 328 g/mol. The molecule has 120 valence electrons. The minimum atomic E-state index is -0.545. The molecule has 22 heavy (non-hydrogen) atoms. The minimum absolute atomic E-state index is 0.123. The Kier molecular flexibility index (Phi) is 7.17. The van der Waals surface area contributed by atoms with Crippen LogP contribution >= 0.6 is 11.8 Å². The summed E-state index contributed by atoms with van der Waals surface area (Å²) in [5.41, 5.74) is 0.231. The van der Waals surface area contributed by atoms with Crippen LogP contribution in [-0.4, -0.2) is 42.5 Å². The summed E-state index contributed by atoms with van der Waals surface area (Å²) >= 11 is 1.28. The van der Waals surface area contributed by atoms with Gasteiger partial charge in [-0.05, 0) is 6.07 Å². The Bertz CT molecular complexity index is 563. The molecule has 1 amide bonds. The quantitative estimate of drug-likeness (QED) is 0.336. The van der Waals surface area contributed by atoms with E-state index in [0.29, 0.717) is 11.4 Å². The van der Waals surface area contributed by atoms with Gasteiger partial charge in [0.1, 0.15) is 5.75 Å². The van der Waals surface area contributed by atoms with Gasteiger partial charge >= 0.3 is 5.97 Å². The van der Waals surface area contributed by atoms with E-state index in [1.54, 1.807) is 0 Å². The molecule has 1 aromatic rings. The third-order valence-corrected chi connectivity index (χ3v) is 3.54. The van der Waals surface area contributed by atoms with E-state index in [1.807, 2.05) is 0 Å². The smallest absolute Gasteiger partial charge is 0.306 e. The van der Waals surface area contributed by atoms with Crippen LogP contribution < -0.4 is 10.1 Å². The number of rotatable bonds is 8. The van der Waals surface area contributed by atoms with Crippen LogP contribution in [-0.2, 0) is 14.3 Å². The first-order valence-corrected chi connectivity index (χ1v) is 7.40. The van der Waals surface area contributed by atoms with E-state index >= 15 is 0 Å². The normalized spacial score (nSPS) is 9.91. The number of ether oxygens (including phenoxy) is 2. The number of carbonyl (C=O) groups excluding carboxylic acids is 2. The molecule has 0 radical (unpaired) electrons. The topological polar surface area (TPSA) is 108 Å². The van der Waals surface area contributed by atoms with E-state index < -0.39 is 4.92 Å². The van der Waals surface area contributed by atoms with E-state index in [1.165, 1.54) is 44.2 Å². The third kappa shape index (κ3) is 5.60. The van der Waals surface area contributed by atoms with Gasteiger partial charge in [0, 0.05) is 11.8 Å². The van der Waals surface area contributed by atoms with Gasteiger partial charge in [-0.1, -0.05) is 0 Å². The molecule has 0 aromatic heterocycles. The molecule has 9 heteroatoms. The maximum absolute atomic E-state index is 11.8. The Morgan fingerprint density at radius 2 is 2.09 bits per heavy atom. The van der Waals surface area contributed by atoms with Gasteiger partial charge in [-0.3, -0.25) is 19.7 Å². The van der Waals surface area contributed by atoms with Crippen LogP contribution in [0.4, 0.5) is 11.4 Å². The van der Waals surface area contributed by atoms with E-state index in [4.69, 9.17) is 4.74 Å². The number of carbonyl (C=O) groups is 2. The number of nitrogens with zero attached hydrogens (tertiary/aromatic N) is 1. The lowest BCUT2D eigenvalue weighted by Gasteiger charge is -2.09. The number of thioether (sulfide) groups is 1. The number of nitrogens with one attached hydrogen (secondary N) is 1. The number of nitro benzene ring substituents is 1. The molecule has 0 atom stereocenters. The second kappa shape index (κ2) is 8.88. The molecular formula is C13H16N2O6S. The molecule has 0 aliphatic heterocycles. The maximum atomic E-state index is 11.8. The first-order valence-electron chi connectivity index (χ1n) is 6.24. The fourth-order valence-corrected chi connectivity index (χ4v) is 2.22. The second-order valence-corrected chi connectivity index (χ2v) is 5.17. The predicted molar refractivity (Wildman–Crippen MR) is 82.2 cm³/mol. The first-order chi connectivity index (χ1) is 10.5. The lowest BCUT2D eigenvalue weighted by atomic mass is 10.2. The Labute approximate surface area is 131 Å². The number of esters is 1. The first kappa shape index (κ1) is 17.8. The van der Waals surface area contributed by atoms with Crippen molar-refractivity contribution in [2.75, 3.05) is 31.0 Å². The van der Waals surface area contributed by atoms with Crippen LogP contribution in [0.5, 0.6) is 5.75 Å². The van der Waals surface area contributed by atoms with Crippen molar-refractivity contribution >= 4 is 35.0 Å². The zero-order valence-electron chi connectivity index (χ0n) is 12.2. The Hall–Kier alpha value is -2.29. The van der Waals surface area contributed by atoms with Crippen molar-refractivity contribution in [1.82, 2.24) is 0 Å². The molecule has 0 unspecified atom stereocenters. The summed E-state index contributed by atoms with van der Waals surface area (Å²) in [5.74, 6) is 0.211. The Morgan fingerprint density at radius 3 is 2.68 bits per heavy atom. The summed E-state index contributed by atoms with van der Waals surface area (Å²) in [6.45, 7) is 0. The van der Waals surface area contributed by atoms with Gasteiger partial charge < -0.3 is 14.8 Å². The minimum Gasteiger partial charge on any atom is -0.494 e. The van der Waals surface area contributed by atoms with Crippen molar-refractivity contribution in [2.24, 2.45) is 0 Å². The van der Waals surface area contributed by atoms with Gasteiger partial charge in [0.2, 0.25) is 5.91 Å². The summed E-state index contributed by atoms with van der Waals surface area (Å²) in [7, 11) is 2.67. The van der Waals surface area contributed by atoms with Crippen molar-refractivity contribution in [3.8, 4) is 5.75 Å². The average Bonchev–Trinajstić information content (AvgIpc) is 2.51. The highest BCUT2D eigenvalue weighted by Crippen LogP contribution is 2.29. The van der Waals surface area contributed by atoms with Crippen LogP contribution in [0.2, 0.25) is 0 Å². The van der Waals surface area contributed by atoms with Crippen molar-refractivity contribution in [2.45, 2.75) is 6.42 Å². The van der Waals surface area contributed by atoms with E-state index in [-0.39, 0.29) is 35.5 Å². The molecule has 1 rings (SSSR count). The molecular weight excluding hydrogens is 312 g/mol. The van der Waals surface area contributed by atoms with Gasteiger partial charge in [0.25, 0.3) is 5.69 Å². The van der Waals surface area contributed by atoms with Gasteiger partial charge in [-0.15, -0.1) is 0 Å². The number of benzene rings is 1. The fraction of sp³-hybridized carbons (Fsp3) is 0.385. The van der Waals surface area contributed by atoms with Gasteiger partial charge in [-0.25, -0.2) is 0 Å². The molecule has 0 fully saturated rings. The Balaban J connectivity index is 2.53. The van der Waals surface area contributed by atoms with Crippen LogP contribution in [0.3, 0.4) is 0 Å². The standard InChI is InChI=1S/C13H16N2O6S/c1-20-11-7-9(15(18)19)3-4-10(11)14-12(16)8-22-6-5-13(17)21-2/h3-4,7H,5-6,8H2,1-2H3,(H,14,16). The summed E-state index contributed by atoms with van der Waals surface area (Å²) in [6, 6.07) is 3.93. The number of methoxy groups -OCH3 is 2. The number of nitro groups is 1. The second-order valence-electron chi connectivity index (χ2n) is 4.07. The highest BCUT2D eigenvalue weighted by Gasteiger charge is 2.13. The van der Waals surface area contributed by atoms with Crippen LogP contribution in [0, 0.1) is 10.1 Å². The summed E-state index contributed by atoms with van der Waals surface area (Å²) in [6.07, 6.45) is 0.231. The largest absolute Gasteiger partial charge is 0.494 e. The predicted octanol–water partition coefficient (Wildman–Crippen LogP) is 1.84. The monoisotopic (exact) mass is 328 g/mol. The van der Waals surface area contributed by atoms with Crippen molar-refractivity contribution < 1.29 is 24.0 Å². The molecule has 0 aliphatic rings. The van der Waals surface area contributed by atoms with Crippen molar-refractivity contribution in [3.63, 3.8) is 0 Å². The lowest BCUT2D eigenvalue weighted by Crippen LogP contribution is -2.15. The zero-order chi connectivity index (χ0) is 16.5. The molecule has 0 saturated heterocycles. The maximum Gasteiger partial charge on any atom is 0.306 e. The number of hydrogen-bond donors (Lipinski definition) is 1. The number of non-ortho nitro benzene ring substituents is 1.